The van der Waals surface area contributed by atoms with Gasteiger partial charge in [-0.1, -0.05) is 19.1 Å². The lowest BCUT2D eigenvalue weighted by molar-refractivity contribution is 0.207. The smallest absolute Gasteiger partial charge is 0.118 e. The molecule has 2 rings (SSSR count). The van der Waals surface area contributed by atoms with Gasteiger partial charge < -0.3 is 15.0 Å². The van der Waals surface area contributed by atoms with Crippen molar-refractivity contribution in [3.8, 4) is 5.75 Å². The van der Waals surface area contributed by atoms with Gasteiger partial charge in [-0.25, -0.2) is 0 Å². The van der Waals surface area contributed by atoms with Gasteiger partial charge in [-0.2, -0.15) is 0 Å². The van der Waals surface area contributed by atoms with Crippen molar-refractivity contribution in [1.29, 1.82) is 0 Å². The SMILES string of the molecule is CCCN(CCc1ccc(OC)cc1)CC1CCNCC1. The fourth-order valence-corrected chi connectivity index (χ4v) is 3.12. The van der Waals surface area contributed by atoms with Gasteiger partial charge in [0.2, 0.25) is 0 Å². The molecule has 1 aromatic carbocycles. The van der Waals surface area contributed by atoms with E-state index in [0.717, 1.165) is 18.1 Å². The Labute approximate surface area is 129 Å². The first kappa shape index (κ1) is 16.3. The van der Waals surface area contributed by atoms with Crippen LogP contribution in [0.2, 0.25) is 0 Å². The average Bonchev–Trinajstić information content (AvgIpc) is 2.54. The van der Waals surface area contributed by atoms with Crippen molar-refractivity contribution >= 4 is 0 Å². The van der Waals surface area contributed by atoms with Gasteiger partial charge in [0.1, 0.15) is 5.75 Å². The lowest BCUT2D eigenvalue weighted by Crippen LogP contribution is -2.37. The highest BCUT2D eigenvalue weighted by atomic mass is 16.5. The van der Waals surface area contributed by atoms with Crippen LogP contribution >= 0.6 is 0 Å². The summed E-state index contributed by atoms with van der Waals surface area (Å²) in [5.74, 6) is 1.83. The van der Waals surface area contributed by atoms with Gasteiger partial charge in [0.05, 0.1) is 7.11 Å². The summed E-state index contributed by atoms with van der Waals surface area (Å²) in [5, 5.41) is 3.46. The molecule has 3 nitrogen and oxygen atoms in total. The van der Waals surface area contributed by atoms with E-state index < -0.39 is 0 Å². The minimum absolute atomic E-state index is 0.883. The molecule has 0 aromatic heterocycles. The third-order valence-electron chi connectivity index (χ3n) is 4.39. The Morgan fingerprint density at radius 2 is 1.86 bits per heavy atom. The standard InChI is InChI=1S/C18H30N2O/c1-3-13-20(15-17-8-11-19-12-9-17)14-10-16-4-6-18(21-2)7-5-16/h4-7,17,19H,3,8-15H2,1-2H3. The summed E-state index contributed by atoms with van der Waals surface area (Å²) in [4.78, 5) is 2.65. The van der Waals surface area contributed by atoms with E-state index in [-0.39, 0.29) is 0 Å². The fraction of sp³-hybridized carbons (Fsp3) is 0.667. The molecule has 3 heteroatoms. The average molecular weight is 290 g/mol. The highest BCUT2D eigenvalue weighted by Crippen LogP contribution is 2.15. The Kier molecular flexibility index (Phi) is 7.04. The lowest BCUT2D eigenvalue weighted by atomic mass is 9.97. The Morgan fingerprint density at radius 3 is 2.48 bits per heavy atom. The lowest BCUT2D eigenvalue weighted by Gasteiger charge is -2.30. The number of benzene rings is 1. The summed E-state index contributed by atoms with van der Waals surface area (Å²) in [5.41, 5.74) is 1.40. The predicted octanol–water partition coefficient (Wildman–Crippen LogP) is 2.95. The largest absolute Gasteiger partial charge is 0.497 e. The van der Waals surface area contributed by atoms with Gasteiger partial charge in [-0.3, -0.25) is 0 Å². The summed E-state index contributed by atoms with van der Waals surface area (Å²) in [6.07, 6.45) is 5.05. The Balaban J connectivity index is 1.80. The van der Waals surface area contributed by atoms with Gasteiger partial charge >= 0.3 is 0 Å². The molecule has 1 saturated heterocycles. The van der Waals surface area contributed by atoms with Crippen molar-refractivity contribution in [3.63, 3.8) is 0 Å². The molecule has 0 saturated carbocycles. The summed E-state index contributed by atoms with van der Waals surface area (Å²) >= 11 is 0. The van der Waals surface area contributed by atoms with E-state index >= 15 is 0 Å². The van der Waals surface area contributed by atoms with Crippen LogP contribution in [0.3, 0.4) is 0 Å². The van der Waals surface area contributed by atoms with Crippen LogP contribution in [-0.2, 0) is 6.42 Å². The first-order valence-corrected chi connectivity index (χ1v) is 8.37. The number of hydrogen-bond donors (Lipinski definition) is 1. The number of ether oxygens (including phenoxy) is 1. The molecule has 0 aliphatic carbocycles. The molecule has 1 aliphatic rings. The highest BCUT2D eigenvalue weighted by molar-refractivity contribution is 5.27. The molecule has 1 aromatic rings. The monoisotopic (exact) mass is 290 g/mol. The van der Waals surface area contributed by atoms with Crippen LogP contribution in [0.1, 0.15) is 31.7 Å². The van der Waals surface area contributed by atoms with Gasteiger partial charge in [-0.15, -0.1) is 0 Å². The minimum Gasteiger partial charge on any atom is -0.497 e. The number of nitrogens with one attached hydrogen (secondary N) is 1. The van der Waals surface area contributed by atoms with E-state index in [4.69, 9.17) is 4.74 Å². The van der Waals surface area contributed by atoms with Crippen molar-refractivity contribution in [2.45, 2.75) is 32.6 Å². The maximum absolute atomic E-state index is 5.22. The molecule has 0 bridgehead atoms. The van der Waals surface area contributed by atoms with E-state index in [1.54, 1.807) is 7.11 Å². The van der Waals surface area contributed by atoms with E-state index in [1.807, 2.05) is 0 Å². The number of piperidine rings is 1. The van der Waals surface area contributed by atoms with Crippen LogP contribution < -0.4 is 10.1 Å². The molecular weight excluding hydrogens is 260 g/mol. The fourth-order valence-electron chi connectivity index (χ4n) is 3.12. The zero-order chi connectivity index (χ0) is 14.9. The van der Waals surface area contributed by atoms with Gasteiger partial charge in [-0.05, 0) is 68.9 Å². The van der Waals surface area contributed by atoms with Crippen LogP contribution in [0.5, 0.6) is 5.75 Å². The van der Waals surface area contributed by atoms with Gasteiger partial charge in [0, 0.05) is 13.1 Å². The minimum atomic E-state index is 0.883. The van der Waals surface area contributed by atoms with E-state index in [0.29, 0.717) is 0 Å². The second kappa shape index (κ2) is 9.06. The number of rotatable bonds is 8. The van der Waals surface area contributed by atoms with Crippen LogP contribution in [0.4, 0.5) is 0 Å². The molecule has 1 aliphatic heterocycles. The van der Waals surface area contributed by atoms with Crippen LogP contribution in [-0.4, -0.2) is 44.7 Å². The molecule has 0 spiro atoms. The topological polar surface area (TPSA) is 24.5 Å². The summed E-state index contributed by atoms with van der Waals surface area (Å²) in [6.45, 7) is 8.34. The van der Waals surface area contributed by atoms with Gasteiger partial charge in [0.25, 0.3) is 0 Å². The van der Waals surface area contributed by atoms with Crippen LogP contribution in [0.25, 0.3) is 0 Å². The molecular formula is C18H30N2O. The summed E-state index contributed by atoms with van der Waals surface area (Å²) < 4.78 is 5.22. The second-order valence-corrected chi connectivity index (χ2v) is 6.09. The van der Waals surface area contributed by atoms with Crippen molar-refractivity contribution in [2.24, 2.45) is 5.92 Å². The molecule has 1 heterocycles. The van der Waals surface area contributed by atoms with Crippen LogP contribution in [0, 0.1) is 5.92 Å². The number of nitrogens with zero attached hydrogens (tertiary/aromatic N) is 1. The molecule has 0 unspecified atom stereocenters. The van der Waals surface area contributed by atoms with Crippen molar-refractivity contribution < 1.29 is 4.74 Å². The maximum Gasteiger partial charge on any atom is 0.118 e. The third-order valence-corrected chi connectivity index (χ3v) is 4.39. The molecule has 118 valence electrons. The molecule has 21 heavy (non-hydrogen) atoms. The predicted molar refractivity (Wildman–Crippen MR) is 89.0 cm³/mol. The number of methoxy groups -OCH3 is 1. The zero-order valence-electron chi connectivity index (χ0n) is 13.6. The Hall–Kier alpha value is -1.06. The molecule has 1 fully saturated rings. The first-order chi connectivity index (χ1) is 10.3. The molecule has 1 N–H and O–H groups in total. The van der Waals surface area contributed by atoms with Crippen molar-refractivity contribution in [1.82, 2.24) is 10.2 Å². The number of hydrogen-bond acceptors (Lipinski definition) is 3. The molecule has 0 amide bonds. The molecule has 0 radical (unpaired) electrons. The molecule has 0 atom stereocenters. The quantitative estimate of drug-likeness (QED) is 0.796. The van der Waals surface area contributed by atoms with Crippen molar-refractivity contribution in [2.75, 3.05) is 39.8 Å². The van der Waals surface area contributed by atoms with Crippen LogP contribution in [0.15, 0.2) is 24.3 Å². The van der Waals surface area contributed by atoms with E-state index in [2.05, 4.69) is 41.4 Å². The van der Waals surface area contributed by atoms with E-state index in [1.165, 1.54) is 57.5 Å². The van der Waals surface area contributed by atoms with Crippen molar-refractivity contribution in [3.05, 3.63) is 29.8 Å². The first-order valence-electron chi connectivity index (χ1n) is 8.37. The summed E-state index contributed by atoms with van der Waals surface area (Å²) in [7, 11) is 1.72. The maximum atomic E-state index is 5.22. The second-order valence-electron chi connectivity index (χ2n) is 6.09. The Bertz CT molecular complexity index is 385. The van der Waals surface area contributed by atoms with E-state index in [9.17, 15) is 0 Å². The highest BCUT2D eigenvalue weighted by Gasteiger charge is 2.16. The Morgan fingerprint density at radius 1 is 1.14 bits per heavy atom. The summed E-state index contributed by atoms with van der Waals surface area (Å²) in [6, 6.07) is 8.50. The van der Waals surface area contributed by atoms with Gasteiger partial charge in [0.15, 0.2) is 0 Å². The zero-order valence-corrected chi connectivity index (χ0v) is 13.6. The third kappa shape index (κ3) is 5.68. The normalized spacial score (nSPS) is 16.3.